The number of allylic oxidation sites excluding steroid dienone is 4. The zero-order valence-corrected chi connectivity index (χ0v) is 10.5. The normalized spacial score (nSPS) is 14.5. The van der Waals surface area contributed by atoms with Gasteiger partial charge in [0.25, 0.3) is 0 Å². The molecule has 0 aliphatic heterocycles. The number of rotatable bonds is 7. The highest BCUT2D eigenvalue weighted by Crippen LogP contribution is 2.12. The van der Waals surface area contributed by atoms with Crippen LogP contribution in [0, 0.1) is 5.92 Å². The molecule has 0 amide bonds. The lowest BCUT2D eigenvalue weighted by Gasteiger charge is -2.08. The summed E-state index contributed by atoms with van der Waals surface area (Å²) in [6, 6.07) is 0. The van der Waals surface area contributed by atoms with Gasteiger partial charge in [0.1, 0.15) is 5.78 Å². The van der Waals surface area contributed by atoms with Gasteiger partial charge in [0.15, 0.2) is 0 Å². The Labute approximate surface area is 94.3 Å². The molecule has 0 fully saturated rings. The molecular weight excluding hydrogens is 184 g/mol. The number of carbonyl (C=O) groups excluding carboxylic acids is 1. The molecule has 0 rings (SSSR count). The van der Waals surface area contributed by atoms with Crippen molar-refractivity contribution >= 4 is 5.78 Å². The van der Waals surface area contributed by atoms with Crippen LogP contribution in [0.2, 0.25) is 0 Å². The highest BCUT2D eigenvalue weighted by Gasteiger charge is 2.11. The minimum Gasteiger partial charge on any atom is -0.299 e. The standard InChI is InChI=1S/C14H24O/c1-5-7-8-10-12(3)11-14(15)13(4)9-6-2/h7-8,10,13H,5-6,9,11H2,1-4H3/b8-7-,12-10-. The molecule has 0 saturated heterocycles. The Morgan fingerprint density at radius 3 is 2.53 bits per heavy atom. The molecule has 0 aliphatic rings. The van der Waals surface area contributed by atoms with Crippen molar-refractivity contribution in [2.75, 3.05) is 0 Å². The van der Waals surface area contributed by atoms with Gasteiger partial charge in [-0.3, -0.25) is 4.79 Å². The van der Waals surface area contributed by atoms with E-state index in [0.29, 0.717) is 12.2 Å². The molecule has 1 heteroatoms. The molecular formula is C14H24O. The Kier molecular flexibility index (Phi) is 7.98. The van der Waals surface area contributed by atoms with E-state index < -0.39 is 0 Å². The van der Waals surface area contributed by atoms with Gasteiger partial charge in [-0.1, -0.05) is 51.0 Å². The summed E-state index contributed by atoms with van der Waals surface area (Å²) in [5.74, 6) is 0.587. The van der Waals surface area contributed by atoms with E-state index in [1.54, 1.807) is 0 Å². The highest BCUT2D eigenvalue weighted by atomic mass is 16.1. The second kappa shape index (κ2) is 8.46. The Hall–Kier alpha value is -0.850. The van der Waals surface area contributed by atoms with Crippen molar-refractivity contribution in [2.24, 2.45) is 5.92 Å². The summed E-state index contributed by atoms with van der Waals surface area (Å²) in [6.07, 6.45) is 9.93. The molecule has 0 heterocycles. The zero-order chi connectivity index (χ0) is 11.7. The summed E-state index contributed by atoms with van der Waals surface area (Å²) < 4.78 is 0. The first-order valence-electron chi connectivity index (χ1n) is 5.96. The second-order valence-corrected chi connectivity index (χ2v) is 4.18. The first kappa shape index (κ1) is 14.2. The first-order chi connectivity index (χ1) is 7.11. The van der Waals surface area contributed by atoms with Crippen LogP contribution in [0.25, 0.3) is 0 Å². The van der Waals surface area contributed by atoms with Crippen LogP contribution in [-0.2, 0) is 4.79 Å². The fourth-order valence-corrected chi connectivity index (χ4v) is 1.47. The third-order valence-electron chi connectivity index (χ3n) is 2.48. The summed E-state index contributed by atoms with van der Waals surface area (Å²) in [7, 11) is 0. The molecule has 0 bridgehead atoms. The lowest BCUT2D eigenvalue weighted by molar-refractivity contribution is -0.121. The topological polar surface area (TPSA) is 17.1 Å². The van der Waals surface area contributed by atoms with E-state index >= 15 is 0 Å². The average Bonchev–Trinajstić information content (AvgIpc) is 2.18. The van der Waals surface area contributed by atoms with E-state index in [-0.39, 0.29) is 5.92 Å². The average molecular weight is 208 g/mol. The summed E-state index contributed by atoms with van der Waals surface area (Å²) in [6.45, 7) is 8.28. The van der Waals surface area contributed by atoms with Gasteiger partial charge in [-0.25, -0.2) is 0 Å². The third-order valence-corrected chi connectivity index (χ3v) is 2.48. The highest BCUT2D eigenvalue weighted by molar-refractivity contribution is 5.82. The van der Waals surface area contributed by atoms with E-state index in [1.807, 2.05) is 26.0 Å². The molecule has 1 nitrogen and oxygen atoms in total. The van der Waals surface area contributed by atoms with Crippen LogP contribution < -0.4 is 0 Å². The minimum atomic E-state index is 0.216. The fourth-order valence-electron chi connectivity index (χ4n) is 1.47. The van der Waals surface area contributed by atoms with Crippen LogP contribution in [0.4, 0.5) is 0 Å². The Balaban J connectivity index is 4.05. The van der Waals surface area contributed by atoms with E-state index in [2.05, 4.69) is 19.9 Å². The number of ketones is 1. The number of carbonyl (C=O) groups is 1. The largest absolute Gasteiger partial charge is 0.299 e. The van der Waals surface area contributed by atoms with Gasteiger partial charge < -0.3 is 0 Å². The number of hydrogen-bond donors (Lipinski definition) is 0. The van der Waals surface area contributed by atoms with Crippen LogP contribution in [0.15, 0.2) is 23.8 Å². The molecule has 1 unspecified atom stereocenters. The predicted molar refractivity (Wildman–Crippen MR) is 66.9 cm³/mol. The van der Waals surface area contributed by atoms with Crippen LogP contribution in [0.5, 0.6) is 0 Å². The molecule has 0 aliphatic carbocycles. The molecule has 0 N–H and O–H groups in total. The van der Waals surface area contributed by atoms with Gasteiger partial charge >= 0.3 is 0 Å². The second-order valence-electron chi connectivity index (χ2n) is 4.18. The molecule has 0 saturated carbocycles. The first-order valence-corrected chi connectivity index (χ1v) is 5.96. The van der Waals surface area contributed by atoms with Crippen molar-refractivity contribution in [3.05, 3.63) is 23.8 Å². The molecule has 0 spiro atoms. The van der Waals surface area contributed by atoms with Crippen LogP contribution in [0.3, 0.4) is 0 Å². The number of Topliss-reactive ketones (excluding diaryl/α,β-unsaturated/α-hetero) is 1. The summed E-state index contributed by atoms with van der Waals surface area (Å²) in [5.41, 5.74) is 1.16. The van der Waals surface area contributed by atoms with Crippen LogP contribution in [-0.4, -0.2) is 5.78 Å². The maximum Gasteiger partial charge on any atom is 0.139 e. The Bertz CT molecular complexity index is 236. The van der Waals surface area contributed by atoms with Crippen molar-refractivity contribution < 1.29 is 4.79 Å². The maximum atomic E-state index is 11.7. The Morgan fingerprint density at radius 1 is 1.33 bits per heavy atom. The van der Waals surface area contributed by atoms with Crippen molar-refractivity contribution in [1.82, 2.24) is 0 Å². The van der Waals surface area contributed by atoms with Crippen molar-refractivity contribution in [3.8, 4) is 0 Å². The minimum absolute atomic E-state index is 0.216. The van der Waals surface area contributed by atoms with Crippen molar-refractivity contribution in [1.29, 1.82) is 0 Å². The molecule has 0 aromatic rings. The molecule has 0 aromatic heterocycles. The SMILES string of the molecule is CC/C=C\C=C(\C)CC(=O)C(C)CCC. The zero-order valence-electron chi connectivity index (χ0n) is 10.5. The number of hydrogen-bond acceptors (Lipinski definition) is 1. The quantitative estimate of drug-likeness (QED) is 0.570. The van der Waals surface area contributed by atoms with Crippen molar-refractivity contribution in [3.63, 3.8) is 0 Å². The van der Waals surface area contributed by atoms with Crippen LogP contribution in [0.1, 0.15) is 53.4 Å². The fraction of sp³-hybridized carbons (Fsp3) is 0.643. The molecule has 1 atom stereocenters. The van der Waals surface area contributed by atoms with E-state index in [1.165, 1.54) is 0 Å². The summed E-state index contributed by atoms with van der Waals surface area (Å²) >= 11 is 0. The van der Waals surface area contributed by atoms with Crippen LogP contribution >= 0.6 is 0 Å². The Morgan fingerprint density at radius 2 is 2.00 bits per heavy atom. The van der Waals surface area contributed by atoms with Crippen molar-refractivity contribution in [2.45, 2.75) is 53.4 Å². The van der Waals surface area contributed by atoms with Gasteiger partial charge in [-0.15, -0.1) is 0 Å². The summed E-state index contributed by atoms with van der Waals surface area (Å²) in [4.78, 5) is 11.7. The lowest BCUT2D eigenvalue weighted by Crippen LogP contribution is -2.10. The third kappa shape index (κ3) is 7.12. The molecule has 0 radical (unpaired) electrons. The lowest BCUT2D eigenvalue weighted by atomic mass is 9.96. The van der Waals surface area contributed by atoms with Gasteiger partial charge in [-0.2, -0.15) is 0 Å². The van der Waals surface area contributed by atoms with E-state index in [4.69, 9.17) is 0 Å². The van der Waals surface area contributed by atoms with Gasteiger partial charge in [-0.05, 0) is 19.8 Å². The molecule has 86 valence electrons. The van der Waals surface area contributed by atoms with Gasteiger partial charge in [0, 0.05) is 12.3 Å². The van der Waals surface area contributed by atoms with Gasteiger partial charge in [0.05, 0.1) is 0 Å². The van der Waals surface area contributed by atoms with E-state index in [9.17, 15) is 4.79 Å². The maximum absolute atomic E-state index is 11.7. The van der Waals surface area contributed by atoms with Gasteiger partial charge in [0.2, 0.25) is 0 Å². The van der Waals surface area contributed by atoms with E-state index in [0.717, 1.165) is 24.8 Å². The summed E-state index contributed by atoms with van der Waals surface area (Å²) in [5, 5.41) is 0. The smallest absolute Gasteiger partial charge is 0.139 e. The molecule has 0 aromatic carbocycles. The predicted octanol–water partition coefficient (Wildman–Crippen LogP) is 4.29. The molecule has 15 heavy (non-hydrogen) atoms. The monoisotopic (exact) mass is 208 g/mol.